The average Bonchev–Trinajstić information content (AvgIpc) is 2.82. The predicted octanol–water partition coefficient (Wildman–Crippen LogP) is 0.221. The molecule has 0 aliphatic rings. The van der Waals surface area contributed by atoms with Crippen LogP contribution in [0.3, 0.4) is 0 Å². The number of hydrogen-bond donors (Lipinski definition) is 1. The molecule has 1 amide bonds. The minimum Gasteiger partial charge on any atom is -0.383 e. The number of methoxy groups -OCH3 is 1. The van der Waals surface area contributed by atoms with E-state index in [0.717, 1.165) is 0 Å². The summed E-state index contributed by atoms with van der Waals surface area (Å²) < 4.78 is 6.70. The van der Waals surface area contributed by atoms with Crippen LogP contribution in [0, 0.1) is 0 Å². The van der Waals surface area contributed by atoms with Crippen LogP contribution in [0.2, 0.25) is 0 Å². The van der Waals surface area contributed by atoms with Gasteiger partial charge in [0.05, 0.1) is 18.5 Å². The van der Waals surface area contributed by atoms with Gasteiger partial charge < -0.3 is 10.1 Å². The molecule has 0 aliphatic carbocycles. The maximum absolute atomic E-state index is 12.0. The van der Waals surface area contributed by atoms with E-state index in [1.54, 1.807) is 13.2 Å². The van der Waals surface area contributed by atoms with Gasteiger partial charge in [-0.05, 0) is 11.4 Å². The molecule has 0 bridgehead atoms. The topological polar surface area (TPSA) is 73.2 Å². The fraction of sp³-hybridized carbons (Fsp3) is 0.364. The highest BCUT2D eigenvalue weighted by Gasteiger charge is 2.08. The highest BCUT2D eigenvalue weighted by molar-refractivity contribution is 7.17. The first-order valence-electron chi connectivity index (χ1n) is 5.40. The summed E-state index contributed by atoms with van der Waals surface area (Å²) in [6.07, 6.45) is 1.40. The van der Waals surface area contributed by atoms with E-state index in [2.05, 4.69) is 10.3 Å². The van der Waals surface area contributed by atoms with Gasteiger partial charge >= 0.3 is 0 Å². The number of rotatable bonds is 5. The van der Waals surface area contributed by atoms with Crippen LogP contribution < -0.4 is 10.9 Å². The zero-order valence-electron chi connectivity index (χ0n) is 9.88. The van der Waals surface area contributed by atoms with E-state index in [-0.39, 0.29) is 18.0 Å². The molecule has 2 rings (SSSR count). The van der Waals surface area contributed by atoms with Gasteiger partial charge in [-0.15, -0.1) is 11.3 Å². The zero-order valence-corrected chi connectivity index (χ0v) is 10.7. The molecule has 7 heteroatoms. The highest BCUT2D eigenvalue weighted by atomic mass is 32.1. The molecule has 96 valence electrons. The quantitative estimate of drug-likeness (QED) is 0.787. The van der Waals surface area contributed by atoms with Crippen LogP contribution in [0.25, 0.3) is 10.2 Å². The van der Waals surface area contributed by atoms with Gasteiger partial charge in [0.25, 0.3) is 5.56 Å². The number of carbonyl (C=O) groups is 1. The maximum Gasteiger partial charge on any atom is 0.271 e. The molecule has 0 radical (unpaired) electrons. The van der Waals surface area contributed by atoms with Crippen molar-refractivity contribution < 1.29 is 9.53 Å². The normalized spacial score (nSPS) is 10.7. The first-order valence-corrected chi connectivity index (χ1v) is 6.28. The number of ether oxygens (including phenoxy) is 1. The van der Waals surface area contributed by atoms with Crippen LogP contribution >= 0.6 is 11.3 Å². The van der Waals surface area contributed by atoms with Crippen LogP contribution in [0.1, 0.15) is 0 Å². The van der Waals surface area contributed by atoms with Gasteiger partial charge in [-0.25, -0.2) is 4.98 Å². The lowest BCUT2D eigenvalue weighted by molar-refractivity contribution is -0.121. The first kappa shape index (κ1) is 12.7. The van der Waals surface area contributed by atoms with Crippen molar-refractivity contribution in [1.82, 2.24) is 14.9 Å². The summed E-state index contributed by atoms with van der Waals surface area (Å²) in [7, 11) is 1.56. The summed E-state index contributed by atoms with van der Waals surface area (Å²) in [4.78, 5) is 27.7. The van der Waals surface area contributed by atoms with E-state index in [1.165, 1.54) is 22.2 Å². The molecule has 1 N–H and O–H groups in total. The van der Waals surface area contributed by atoms with Gasteiger partial charge in [-0.1, -0.05) is 0 Å². The standard InChI is InChI=1S/C11H13N3O3S/c1-17-4-3-12-9(15)6-14-7-13-8-2-5-18-10(8)11(14)16/h2,5,7H,3-4,6H2,1H3,(H,12,15). The Balaban J connectivity index is 2.09. The van der Waals surface area contributed by atoms with E-state index < -0.39 is 0 Å². The van der Waals surface area contributed by atoms with Crippen LogP contribution in [0.15, 0.2) is 22.6 Å². The van der Waals surface area contributed by atoms with Gasteiger partial charge in [-0.3, -0.25) is 14.2 Å². The van der Waals surface area contributed by atoms with Crippen molar-refractivity contribution in [3.8, 4) is 0 Å². The number of thiophene rings is 1. The molecule has 0 fully saturated rings. The lowest BCUT2D eigenvalue weighted by Crippen LogP contribution is -2.33. The van der Waals surface area contributed by atoms with E-state index in [4.69, 9.17) is 4.74 Å². The second kappa shape index (κ2) is 5.74. The molecule has 2 heterocycles. The van der Waals surface area contributed by atoms with E-state index in [9.17, 15) is 9.59 Å². The first-order chi connectivity index (χ1) is 8.72. The number of amides is 1. The maximum atomic E-state index is 12.0. The van der Waals surface area contributed by atoms with Gasteiger partial charge in [0.1, 0.15) is 11.2 Å². The zero-order chi connectivity index (χ0) is 13.0. The molecule has 0 aromatic carbocycles. The summed E-state index contributed by atoms with van der Waals surface area (Å²) in [5, 5.41) is 4.46. The number of hydrogen-bond acceptors (Lipinski definition) is 5. The monoisotopic (exact) mass is 267 g/mol. The lowest BCUT2D eigenvalue weighted by Gasteiger charge is -2.06. The van der Waals surface area contributed by atoms with Crippen LogP contribution in [-0.2, 0) is 16.1 Å². The van der Waals surface area contributed by atoms with Crippen LogP contribution in [-0.4, -0.2) is 35.7 Å². The molecule has 6 nitrogen and oxygen atoms in total. The summed E-state index contributed by atoms with van der Waals surface area (Å²) in [5.41, 5.74) is 0.484. The number of fused-ring (bicyclic) bond motifs is 1. The number of carbonyl (C=O) groups excluding carboxylic acids is 1. The van der Waals surface area contributed by atoms with E-state index in [1.807, 2.05) is 5.38 Å². The Hall–Kier alpha value is -1.73. The van der Waals surface area contributed by atoms with Gasteiger partial charge in [0, 0.05) is 13.7 Å². The molecule has 0 aliphatic heterocycles. The lowest BCUT2D eigenvalue weighted by atomic mass is 10.4. The van der Waals surface area contributed by atoms with Crippen molar-refractivity contribution >= 4 is 27.5 Å². The number of aromatic nitrogens is 2. The Morgan fingerprint density at radius 1 is 1.61 bits per heavy atom. The second-order valence-corrected chi connectivity index (χ2v) is 4.57. The summed E-state index contributed by atoms with van der Waals surface area (Å²) >= 11 is 1.33. The average molecular weight is 267 g/mol. The Morgan fingerprint density at radius 2 is 2.44 bits per heavy atom. The molecular weight excluding hydrogens is 254 g/mol. The minimum atomic E-state index is -0.230. The molecule has 0 unspecified atom stereocenters. The molecule has 2 aromatic heterocycles. The largest absolute Gasteiger partial charge is 0.383 e. The second-order valence-electron chi connectivity index (χ2n) is 3.66. The third kappa shape index (κ3) is 2.74. The number of nitrogens with zero attached hydrogens (tertiary/aromatic N) is 2. The van der Waals surface area contributed by atoms with Gasteiger partial charge in [0.2, 0.25) is 5.91 Å². The molecule has 0 saturated heterocycles. The summed E-state index contributed by atoms with van der Waals surface area (Å²) in [6, 6.07) is 1.78. The highest BCUT2D eigenvalue weighted by Crippen LogP contribution is 2.12. The van der Waals surface area contributed by atoms with E-state index in [0.29, 0.717) is 23.4 Å². The third-order valence-electron chi connectivity index (χ3n) is 2.38. The van der Waals surface area contributed by atoms with Gasteiger partial charge in [0.15, 0.2) is 0 Å². The Bertz CT molecular complexity index is 605. The van der Waals surface area contributed by atoms with Crippen molar-refractivity contribution in [3.05, 3.63) is 28.1 Å². The van der Waals surface area contributed by atoms with Crippen molar-refractivity contribution in [3.63, 3.8) is 0 Å². The Labute approximate surface area is 107 Å². The molecule has 2 aromatic rings. The molecule has 0 saturated carbocycles. The molecular formula is C11H13N3O3S. The fourth-order valence-corrected chi connectivity index (χ4v) is 2.29. The molecule has 0 spiro atoms. The van der Waals surface area contributed by atoms with Crippen molar-refractivity contribution in [2.45, 2.75) is 6.54 Å². The van der Waals surface area contributed by atoms with Crippen molar-refractivity contribution in [2.24, 2.45) is 0 Å². The van der Waals surface area contributed by atoms with Crippen molar-refractivity contribution in [1.29, 1.82) is 0 Å². The van der Waals surface area contributed by atoms with Crippen molar-refractivity contribution in [2.75, 3.05) is 20.3 Å². The predicted molar refractivity (Wildman–Crippen MR) is 68.8 cm³/mol. The summed E-state index contributed by atoms with van der Waals surface area (Å²) in [6.45, 7) is 0.852. The number of nitrogens with one attached hydrogen (secondary N) is 1. The van der Waals surface area contributed by atoms with Crippen LogP contribution in [0.4, 0.5) is 0 Å². The van der Waals surface area contributed by atoms with Gasteiger partial charge in [-0.2, -0.15) is 0 Å². The Kier molecular flexibility index (Phi) is 4.06. The smallest absolute Gasteiger partial charge is 0.271 e. The minimum absolute atomic E-state index is 0.0244. The SMILES string of the molecule is COCCNC(=O)Cn1cnc2ccsc2c1=O. The molecule has 0 atom stereocenters. The fourth-order valence-electron chi connectivity index (χ4n) is 1.49. The van der Waals surface area contributed by atoms with E-state index >= 15 is 0 Å². The summed E-state index contributed by atoms with van der Waals surface area (Å²) in [5.74, 6) is -0.230. The molecule has 18 heavy (non-hydrogen) atoms. The Morgan fingerprint density at radius 3 is 3.22 bits per heavy atom. The van der Waals surface area contributed by atoms with Crippen LogP contribution in [0.5, 0.6) is 0 Å². The third-order valence-corrected chi connectivity index (χ3v) is 3.27.